The van der Waals surface area contributed by atoms with E-state index in [1.807, 2.05) is 6.92 Å². The summed E-state index contributed by atoms with van der Waals surface area (Å²) in [5.41, 5.74) is -0.787. The first kappa shape index (κ1) is 16.0. The SMILES string of the molecule is CCCC1(C(=O)O)CCN(S(=O)(=O)c2cnc(C)[nH]2)CC1. The summed E-state index contributed by atoms with van der Waals surface area (Å²) in [5.74, 6) is -0.282. The third-order valence-electron chi connectivity index (χ3n) is 4.16. The molecule has 2 heterocycles. The average molecular weight is 315 g/mol. The normalized spacial score (nSPS) is 19.5. The Morgan fingerprint density at radius 3 is 2.52 bits per heavy atom. The van der Waals surface area contributed by atoms with Gasteiger partial charge in [0.15, 0.2) is 5.03 Å². The molecule has 0 aliphatic carbocycles. The Kier molecular flexibility index (Phi) is 4.38. The molecule has 7 nitrogen and oxygen atoms in total. The van der Waals surface area contributed by atoms with Crippen molar-refractivity contribution in [2.24, 2.45) is 5.41 Å². The van der Waals surface area contributed by atoms with Gasteiger partial charge in [-0.3, -0.25) is 4.79 Å². The molecule has 1 aliphatic heterocycles. The summed E-state index contributed by atoms with van der Waals surface area (Å²) >= 11 is 0. The van der Waals surface area contributed by atoms with Crippen molar-refractivity contribution >= 4 is 16.0 Å². The lowest BCUT2D eigenvalue weighted by molar-refractivity contribution is -0.152. The average Bonchev–Trinajstić information content (AvgIpc) is 2.87. The highest BCUT2D eigenvalue weighted by atomic mass is 32.2. The highest BCUT2D eigenvalue weighted by Gasteiger charge is 2.43. The van der Waals surface area contributed by atoms with E-state index in [9.17, 15) is 18.3 Å². The summed E-state index contributed by atoms with van der Waals surface area (Å²) < 4.78 is 26.2. The number of aliphatic carboxylic acids is 1. The molecule has 0 aromatic carbocycles. The number of hydrogen-bond acceptors (Lipinski definition) is 4. The predicted molar refractivity (Wildman–Crippen MR) is 76.3 cm³/mol. The van der Waals surface area contributed by atoms with Crippen molar-refractivity contribution in [3.05, 3.63) is 12.0 Å². The van der Waals surface area contributed by atoms with Crippen LogP contribution in [0.5, 0.6) is 0 Å². The molecule has 0 amide bonds. The number of carboxylic acid groups (broad SMARTS) is 1. The van der Waals surface area contributed by atoms with Crippen LogP contribution in [-0.4, -0.2) is 46.9 Å². The molecule has 0 spiro atoms. The molecule has 1 aromatic rings. The zero-order chi connectivity index (χ0) is 15.7. The molecule has 2 rings (SSSR count). The van der Waals surface area contributed by atoms with Gasteiger partial charge in [0, 0.05) is 13.1 Å². The molecule has 118 valence electrons. The van der Waals surface area contributed by atoms with Crippen LogP contribution >= 0.6 is 0 Å². The summed E-state index contributed by atoms with van der Waals surface area (Å²) in [6.45, 7) is 4.09. The maximum absolute atomic E-state index is 12.4. The smallest absolute Gasteiger partial charge is 0.309 e. The lowest BCUT2D eigenvalue weighted by Gasteiger charge is -2.37. The second-order valence-electron chi connectivity index (χ2n) is 5.57. The molecule has 1 aromatic heterocycles. The van der Waals surface area contributed by atoms with E-state index >= 15 is 0 Å². The van der Waals surface area contributed by atoms with E-state index in [1.165, 1.54) is 10.5 Å². The first-order chi connectivity index (χ1) is 9.82. The minimum absolute atomic E-state index is 0.0679. The van der Waals surface area contributed by atoms with Gasteiger partial charge in [-0.05, 0) is 26.2 Å². The molecule has 1 saturated heterocycles. The van der Waals surface area contributed by atoms with Crippen LogP contribution in [0.15, 0.2) is 11.2 Å². The van der Waals surface area contributed by atoms with Gasteiger partial charge in [0.05, 0.1) is 11.6 Å². The minimum Gasteiger partial charge on any atom is -0.481 e. The van der Waals surface area contributed by atoms with E-state index in [-0.39, 0.29) is 18.1 Å². The fourth-order valence-corrected chi connectivity index (χ4v) is 4.28. The Hall–Kier alpha value is -1.41. The fraction of sp³-hybridized carbons (Fsp3) is 0.692. The summed E-state index contributed by atoms with van der Waals surface area (Å²) in [6, 6.07) is 0. The molecule has 0 bridgehead atoms. The number of imidazole rings is 1. The summed E-state index contributed by atoms with van der Waals surface area (Å²) in [5, 5.41) is 9.51. The van der Waals surface area contributed by atoms with Crippen molar-refractivity contribution in [2.45, 2.75) is 44.6 Å². The van der Waals surface area contributed by atoms with E-state index in [0.717, 1.165) is 6.42 Å². The molecule has 0 saturated carbocycles. The monoisotopic (exact) mass is 315 g/mol. The fourth-order valence-electron chi connectivity index (χ4n) is 2.87. The first-order valence-corrected chi connectivity index (χ1v) is 8.51. The van der Waals surface area contributed by atoms with Crippen LogP contribution < -0.4 is 0 Å². The molecule has 0 radical (unpaired) electrons. The third kappa shape index (κ3) is 2.96. The molecule has 21 heavy (non-hydrogen) atoms. The lowest BCUT2D eigenvalue weighted by Crippen LogP contribution is -2.46. The standard InChI is InChI=1S/C13H21N3O4S/c1-3-4-13(12(17)18)5-7-16(8-6-13)21(19,20)11-9-14-10(2)15-11/h9H,3-8H2,1-2H3,(H,14,15)(H,17,18). The largest absolute Gasteiger partial charge is 0.481 e. The zero-order valence-corrected chi connectivity index (χ0v) is 13.1. The van der Waals surface area contributed by atoms with Crippen molar-refractivity contribution < 1.29 is 18.3 Å². The zero-order valence-electron chi connectivity index (χ0n) is 12.3. The van der Waals surface area contributed by atoms with Crippen LogP contribution in [0.2, 0.25) is 0 Å². The van der Waals surface area contributed by atoms with Gasteiger partial charge in [-0.1, -0.05) is 13.3 Å². The Bertz CT molecular complexity index is 615. The number of aromatic amines is 1. The molecular formula is C13H21N3O4S. The van der Waals surface area contributed by atoms with E-state index in [2.05, 4.69) is 9.97 Å². The number of sulfonamides is 1. The highest BCUT2D eigenvalue weighted by molar-refractivity contribution is 7.89. The lowest BCUT2D eigenvalue weighted by atomic mass is 9.75. The second-order valence-corrected chi connectivity index (χ2v) is 7.48. The highest BCUT2D eigenvalue weighted by Crippen LogP contribution is 2.37. The molecule has 0 atom stereocenters. The van der Waals surface area contributed by atoms with Gasteiger partial charge in [0.1, 0.15) is 5.82 Å². The number of hydrogen-bond donors (Lipinski definition) is 2. The van der Waals surface area contributed by atoms with Gasteiger partial charge in [0.2, 0.25) is 0 Å². The quantitative estimate of drug-likeness (QED) is 0.854. The molecule has 2 N–H and O–H groups in total. The van der Waals surface area contributed by atoms with Crippen molar-refractivity contribution in [1.29, 1.82) is 0 Å². The third-order valence-corrected chi connectivity index (χ3v) is 5.97. The van der Waals surface area contributed by atoms with Gasteiger partial charge in [0.25, 0.3) is 10.0 Å². The number of aryl methyl sites for hydroxylation is 1. The van der Waals surface area contributed by atoms with E-state index < -0.39 is 21.4 Å². The molecular weight excluding hydrogens is 294 g/mol. The van der Waals surface area contributed by atoms with Crippen LogP contribution in [0.1, 0.15) is 38.4 Å². The number of carboxylic acids is 1. The van der Waals surface area contributed by atoms with Gasteiger partial charge < -0.3 is 10.1 Å². The van der Waals surface area contributed by atoms with Crippen molar-refractivity contribution in [1.82, 2.24) is 14.3 Å². The maximum Gasteiger partial charge on any atom is 0.309 e. The van der Waals surface area contributed by atoms with Gasteiger partial charge in [-0.25, -0.2) is 13.4 Å². The molecule has 1 fully saturated rings. The Balaban J connectivity index is 2.15. The summed E-state index contributed by atoms with van der Waals surface area (Å²) in [7, 11) is -3.61. The number of nitrogens with zero attached hydrogens (tertiary/aromatic N) is 2. The van der Waals surface area contributed by atoms with Crippen molar-refractivity contribution in [3.8, 4) is 0 Å². The number of nitrogens with one attached hydrogen (secondary N) is 1. The maximum atomic E-state index is 12.4. The van der Waals surface area contributed by atoms with E-state index in [1.54, 1.807) is 6.92 Å². The topological polar surface area (TPSA) is 103 Å². The summed E-state index contributed by atoms with van der Waals surface area (Å²) in [4.78, 5) is 18.1. The number of piperidine rings is 1. The Morgan fingerprint density at radius 1 is 1.48 bits per heavy atom. The predicted octanol–water partition coefficient (Wildman–Crippen LogP) is 1.37. The van der Waals surface area contributed by atoms with Crippen LogP contribution in [0.25, 0.3) is 0 Å². The first-order valence-electron chi connectivity index (χ1n) is 7.07. The van der Waals surface area contributed by atoms with Gasteiger partial charge >= 0.3 is 5.97 Å². The van der Waals surface area contributed by atoms with E-state index in [0.29, 0.717) is 25.1 Å². The van der Waals surface area contributed by atoms with Crippen LogP contribution in [0, 0.1) is 12.3 Å². The number of aromatic nitrogens is 2. The number of rotatable bonds is 5. The second kappa shape index (κ2) is 5.76. The van der Waals surface area contributed by atoms with Crippen molar-refractivity contribution in [2.75, 3.05) is 13.1 Å². The molecule has 0 unspecified atom stereocenters. The molecule has 8 heteroatoms. The van der Waals surface area contributed by atoms with Crippen LogP contribution in [-0.2, 0) is 14.8 Å². The van der Waals surface area contributed by atoms with Gasteiger partial charge in [-0.2, -0.15) is 4.31 Å². The van der Waals surface area contributed by atoms with Gasteiger partial charge in [-0.15, -0.1) is 0 Å². The number of H-pyrrole nitrogens is 1. The summed E-state index contributed by atoms with van der Waals surface area (Å²) in [6.07, 6.45) is 3.36. The number of carbonyl (C=O) groups is 1. The molecule has 1 aliphatic rings. The van der Waals surface area contributed by atoms with Crippen LogP contribution in [0.3, 0.4) is 0 Å². The minimum atomic E-state index is -3.61. The Morgan fingerprint density at radius 2 is 2.10 bits per heavy atom. The van der Waals surface area contributed by atoms with Crippen LogP contribution in [0.4, 0.5) is 0 Å². The Labute approximate surface area is 124 Å². The van der Waals surface area contributed by atoms with E-state index in [4.69, 9.17) is 0 Å². The van der Waals surface area contributed by atoms with Crippen molar-refractivity contribution in [3.63, 3.8) is 0 Å².